The summed E-state index contributed by atoms with van der Waals surface area (Å²) in [4.78, 5) is 12.5. The second-order valence-corrected chi connectivity index (χ2v) is 6.12. The molecule has 0 spiro atoms. The molecule has 1 aliphatic heterocycles. The molecule has 0 saturated carbocycles. The van der Waals surface area contributed by atoms with Crippen molar-refractivity contribution in [2.75, 3.05) is 11.6 Å². The van der Waals surface area contributed by atoms with E-state index in [4.69, 9.17) is 0 Å². The van der Waals surface area contributed by atoms with Crippen LogP contribution in [0.15, 0.2) is 65.8 Å². The molecule has 0 aliphatic carbocycles. The first-order valence-corrected chi connectivity index (χ1v) is 8.61. The highest BCUT2D eigenvalue weighted by Crippen LogP contribution is 2.34. The Balaban J connectivity index is 1.87. The molecule has 5 heteroatoms. The van der Waals surface area contributed by atoms with Crippen LogP contribution < -0.4 is 10.3 Å². The van der Waals surface area contributed by atoms with E-state index in [1.165, 1.54) is 0 Å². The number of hydrazone groups is 1. The predicted octanol–water partition coefficient (Wildman–Crippen LogP) is 2.88. The van der Waals surface area contributed by atoms with E-state index in [9.17, 15) is 9.90 Å². The van der Waals surface area contributed by atoms with Gasteiger partial charge in [-0.1, -0.05) is 55.5 Å². The lowest BCUT2D eigenvalue weighted by Crippen LogP contribution is -2.40. The smallest absolute Gasteiger partial charge is 0.267 e. The number of aliphatic hydroxyl groups is 1. The molecule has 0 fully saturated rings. The number of amides is 1. The van der Waals surface area contributed by atoms with Crippen LogP contribution >= 0.6 is 0 Å². The standard InChI is InChI=1S/C20H23N3O2/c1-2-16(14-24)21-20(25)18-13-19(15-9-5-3-6-10-15)23(22-18)17-11-7-4-8-12-17/h3-12,16,19,24H,2,13-14H2,1H3,(H,21,25). The van der Waals surface area contributed by atoms with Crippen LogP contribution in [0.2, 0.25) is 0 Å². The zero-order valence-corrected chi connectivity index (χ0v) is 14.3. The molecule has 1 amide bonds. The second kappa shape index (κ2) is 7.94. The molecule has 2 N–H and O–H groups in total. The number of benzene rings is 2. The number of aliphatic hydroxyl groups excluding tert-OH is 1. The Hall–Kier alpha value is -2.66. The molecule has 2 atom stereocenters. The zero-order valence-electron chi connectivity index (χ0n) is 14.3. The van der Waals surface area contributed by atoms with Gasteiger partial charge in [-0.15, -0.1) is 0 Å². The molecular formula is C20H23N3O2. The number of carbonyl (C=O) groups excluding carboxylic acids is 1. The number of nitrogens with zero attached hydrogens (tertiary/aromatic N) is 2. The first-order valence-electron chi connectivity index (χ1n) is 8.61. The van der Waals surface area contributed by atoms with Crippen molar-refractivity contribution in [3.63, 3.8) is 0 Å². The van der Waals surface area contributed by atoms with Gasteiger partial charge in [0.05, 0.1) is 24.4 Å². The summed E-state index contributed by atoms with van der Waals surface area (Å²) in [6.07, 6.45) is 1.21. The van der Waals surface area contributed by atoms with Gasteiger partial charge in [-0.25, -0.2) is 0 Å². The maximum Gasteiger partial charge on any atom is 0.267 e. The van der Waals surface area contributed by atoms with Gasteiger partial charge >= 0.3 is 0 Å². The second-order valence-electron chi connectivity index (χ2n) is 6.12. The van der Waals surface area contributed by atoms with Crippen molar-refractivity contribution in [2.24, 2.45) is 5.10 Å². The Bertz CT molecular complexity index is 727. The van der Waals surface area contributed by atoms with Gasteiger partial charge in [0.15, 0.2) is 0 Å². The molecular weight excluding hydrogens is 314 g/mol. The van der Waals surface area contributed by atoms with Crippen molar-refractivity contribution < 1.29 is 9.90 Å². The summed E-state index contributed by atoms with van der Waals surface area (Å²) in [5.41, 5.74) is 2.56. The fraction of sp³-hybridized carbons (Fsp3) is 0.300. The van der Waals surface area contributed by atoms with Gasteiger partial charge in [-0.05, 0) is 24.1 Å². The molecule has 130 valence electrons. The van der Waals surface area contributed by atoms with E-state index in [0.29, 0.717) is 18.6 Å². The van der Waals surface area contributed by atoms with Gasteiger partial charge in [0.2, 0.25) is 0 Å². The van der Waals surface area contributed by atoms with Gasteiger partial charge in [0.1, 0.15) is 5.71 Å². The Morgan fingerprint density at radius 2 is 1.84 bits per heavy atom. The maximum absolute atomic E-state index is 12.5. The minimum absolute atomic E-state index is 0.0152. The number of anilines is 1. The summed E-state index contributed by atoms with van der Waals surface area (Å²) in [7, 11) is 0. The number of para-hydroxylation sites is 1. The Labute approximate surface area is 148 Å². The molecule has 3 rings (SSSR count). The zero-order chi connectivity index (χ0) is 17.6. The third-order valence-electron chi connectivity index (χ3n) is 4.43. The van der Waals surface area contributed by atoms with E-state index in [1.807, 2.05) is 60.5 Å². The minimum atomic E-state index is -0.240. The molecule has 5 nitrogen and oxygen atoms in total. The highest BCUT2D eigenvalue weighted by molar-refractivity contribution is 6.39. The van der Waals surface area contributed by atoms with Gasteiger partial charge in [-0.3, -0.25) is 9.80 Å². The number of nitrogens with one attached hydrogen (secondary N) is 1. The summed E-state index contributed by atoms with van der Waals surface area (Å²) in [6, 6.07) is 19.7. The Morgan fingerprint density at radius 3 is 2.44 bits per heavy atom. The number of rotatable bonds is 6. The summed E-state index contributed by atoms with van der Waals surface area (Å²) in [5, 5.41) is 18.7. The third kappa shape index (κ3) is 3.88. The number of hydrogen-bond donors (Lipinski definition) is 2. The van der Waals surface area contributed by atoms with Crippen molar-refractivity contribution in [1.82, 2.24) is 5.32 Å². The lowest BCUT2D eigenvalue weighted by Gasteiger charge is -2.23. The predicted molar refractivity (Wildman–Crippen MR) is 99.5 cm³/mol. The lowest BCUT2D eigenvalue weighted by molar-refractivity contribution is -0.115. The molecule has 1 aliphatic rings. The Kier molecular flexibility index (Phi) is 5.46. The average molecular weight is 337 g/mol. The van der Waals surface area contributed by atoms with Gasteiger partial charge in [0.25, 0.3) is 5.91 Å². The number of hydrogen-bond acceptors (Lipinski definition) is 4. The van der Waals surface area contributed by atoms with Crippen LogP contribution in [0.1, 0.15) is 31.4 Å². The fourth-order valence-corrected chi connectivity index (χ4v) is 2.95. The molecule has 0 radical (unpaired) electrons. The molecule has 1 heterocycles. The molecule has 0 saturated heterocycles. The monoisotopic (exact) mass is 337 g/mol. The average Bonchev–Trinajstić information content (AvgIpc) is 3.13. The van der Waals surface area contributed by atoms with Gasteiger partial charge in [-0.2, -0.15) is 5.10 Å². The highest BCUT2D eigenvalue weighted by atomic mass is 16.3. The molecule has 0 aromatic heterocycles. The molecule has 25 heavy (non-hydrogen) atoms. The summed E-state index contributed by atoms with van der Waals surface area (Å²) in [5.74, 6) is -0.208. The summed E-state index contributed by atoms with van der Waals surface area (Å²) in [6.45, 7) is 1.86. The first kappa shape index (κ1) is 17.2. The summed E-state index contributed by atoms with van der Waals surface area (Å²) >= 11 is 0. The minimum Gasteiger partial charge on any atom is -0.394 e. The van der Waals surface area contributed by atoms with Crippen LogP contribution in [0.4, 0.5) is 5.69 Å². The SMILES string of the molecule is CCC(CO)NC(=O)C1=NN(c2ccccc2)C(c2ccccc2)C1. The van der Waals surface area contributed by atoms with Crippen LogP contribution in [0.5, 0.6) is 0 Å². The van der Waals surface area contributed by atoms with E-state index in [0.717, 1.165) is 11.3 Å². The van der Waals surface area contributed by atoms with Crippen molar-refractivity contribution in [1.29, 1.82) is 0 Å². The third-order valence-corrected chi connectivity index (χ3v) is 4.43. The largest absolute Gasteiger partial charge is 0.394 e. The molecule has 2 aromatic carbocycles. The van der Waals surface area contributed by atoms with Crippen LogP contribution in [0, 0.1) is 0 Å². The van der Waals surface area contributed by atoms with Crippen molar-refractivity contribution >= 4 is 17.3 Å². The normalized spacial score (nSPS) is 17.9. The van der Waals surface area contributed by atoms with E-state index in [-0.39, 0.29) is 24.6 Å². The fourth-order valence-electron chi connectivity index (χ4n) is 2.95. The quantitative estimate of drug-likeness (QED) is 0.852. The van der Waals surface area contributed by atoms with Crippen molar-refractivity contribution in [2.45, 2.75) is 31.8 Å². The van der Waals surface area contributed by atoms with E-state index in [2.05, 4.69) is 22.6 Å². The topological polar surface area (TPSA) is 64.9 Å². The Morgan fingerprint density at radius 1 is 1.20 bits per heavy atom. The molecule has 2 unspecified atom stereocenters. The first-order chi connectivity index (χ1) is 12.2. The van der Waals surface area contributed by atoms with E-state index < -0.39 is 0 Å². The van der Waals surface area contributed by atoms with Crippen molar-refractivity contribution in [3.8, 4) is 0 Å². The van der Waals surface area contributed by atoms with Crippen LogP contribution in [0.25, 0.3) is 0 Å². The highest BCUT2D eigenvalue weighted by Gasteiger charge is 2.32. The van der Waals surface area contributed by atoms with Gasteiger partial charge < -0.3 is 10.4 Å². The molecule has 0 bridgehead atoms. The van der Waals surface area contributed by atoms with E-state index >= 15 is 0 Å². The van der Waals surface area contributed by atoms with Crippen molar-refractivity contribution in [3.05, 3.63) is 66.2 Å². The number of carbonyl (C=O) groups is 1. The van der Waals surface area contributed by atoms with Crippen LogP contribution in [-0.2, 0) is 4.79 Å². The lowest BCUT2D eigenvalue weighted by atomic mass is 10.0. The maximum atomic E-state index is 12.5. The molecule has 2 aromatic rings. The van der Waals surface area contributed by atoms with E-state index in [1.54, 1.807) is 0 Å². The summed E-state index contributed by atoms with van der Waals surface area (Å²) < 4.78 is 0. The van der Waals surface area contributed by atoms with Crippen LogP contribution in [0.3, 0.4) is 0 Å². The van der Waals surface area contributed by atoms with Crippen LogP contribution in [-0.4, -0.2) is 29.4 Å². The van der Waals surface area contributed by atoms with Gasteiger partial charge in [0, 0.05) is 6.42 Å².